The Morgan fingerprint density at radius 1 is 1.00 bits per heavy atom. The van der Waals surface area contributed by atoms with Gasteiger partial charge in [0.2, 0.25) is 10.0 Å². The van der Waals surface area contributed by atoms with Crippen LogP contribution in [0.25, 0.3) is 0 Å². The first kappa shape index (κ1) is 14.8. The fourth-order valence-electron chi connectivity index (χ4n) is 2.57. The van der Waals surface area contributed by atoms with Gasteiger partial charge >= 0.3 is 0 Å². The fourth-order valence-corrected chi connectivity index (χ4v) is 4.37. The van der Waals surface area contributed by atoms with E-state index >= 15 is 0 Å². The highest BCUT2D eigenvalue weighted by atomic mass is 79.9. The molecule has 21 heavy (non-hydrogen) atoms. The average Bonchev–Trinajstić information content (AvgIpc) is 2.54. The summed E-state index contributed by atoms with van der Waals surface area (Å²) in [5.41, 5.74) is 3.42. The summed E-state index contributed by atoms with van der Waals surface area (Å²) < 4.78 is 27.0. The maximum atomic E-state index is 12.7. The van der Waals surface area contributed by atoms with Gasteiger partial charge in [-0.05, 0) is 35.2 Å². The molecule has 0 amide bonds. The number of halogens is 1. The van der Waals surface area contributed by atoms with E-state index in [2.05, 4.69) is 22.0 Å². The molecule has 110 valence electrons. The standard InChI is InChI=1S/C16H16BrNO2S/c17-11-13-5-7-16(8-6-13)21(19,20)18-10-9-14-3-1-2-4-15(14)12-18/h1-8H,9-12H2. The van der Waals surface area contributed by atoms with Gasteiger partial charge in [0.1, 0.15) is 0 Å². The van der Waals surface area contributed by atoms with E-state index in [4.69, 9.17) is 0 Å². The van der Waals surface area contributed by atoms with Crippen molar-refractivity contribution in [2.75, 3.05) is 6.54 Å². The molecule has 0 aromatic heterocycles. The highest BCUT2D eigenvalue weighted by molar-refractivity contribution is 9.08. The maximum absolute atomic E-state index is 12.7. The third kappa shape index (κ3) is 2.91. The van der Waals surface area contributed by atoms with Crippen molar-refractivity contribution >= 4 is 26.0 Å². The van der Waals surface area contributed by atoms with E-state index in [-0.39, 0.29) is 0 Å². The number of fused-ring (bicyclic) bond motifs is 1. The quantitative estimate of drug-likeness (QED) is 0.782. The summed E-state index contributed by atoms with van der Waals surface area (Å²) in [6.07, 6.45) is 0.773. The molecule has 0 spiro atoms. The molecule has 0 bridgehead atoms. The van der Waals surface area contributed by atoms with Crippen molar-refractivity contribution in [1.82, 2.24) is 4.31 Å². The zero-order valence-electron chi connectivity index (χ0n) is 11.5. The molecule has 2 aromatic carbocycles. The molecular formula is C16H16BrNO2S. The first-order chi connectivity index (χ1) is 10.1. The van der Waals surface area contributed by atoms with Gasteiger partial charge < -0.3 is 0 Å². The molecule has 1 aliphatic rings. The summed E-state index contributed by atoms with van der Waals surface area (Å²) in [6, 6.07) is 15.1. The van der Waals surface area contributed by atoms with Gasteiger partial charge in [0.25, 0.3) is 0 Å². The van der Waals surface area contributed by atoms with E-state index in [1.165, 1.54) is 5.56 Å². The van der Waals surface area contributed by atoms with Crippen molar-refractivity contribution < 1.29 is 8.42 Å². The SMILES string of the molecule is O=S(=O)(c1ccc(CBr)cc1)N1CCc2ccccc2C1. The largest absolute Gasteiger partial charge is 0.243 e. The lowest BCUT2D eigenvalue weighted by atomic mass is 10.0. The summed E-state index contributed by atoms with van der Waals surface area (Å²) in [7, 11) is -3.41. The molecule has 0 unspecified atom stereocenters. The van der Waals surface area contributed by atoms with Crippen LogP contribution in [0.3, 0.4) is 0 Å². The third-order valence-electron chi connectivity index (χ3n) is 3.81. The van der Waals surface area contributed by atoms with Crippen LogP contribution in [0.2, 0.25) is 0 Å². The predicted molar refractivity (Wildman–Crippen MR) is 86.8 cm³/mol. The Morgan fingerprint density at radius 3 is 2.33 bits per heavy atom. The van der Waals surface area contributed by atoms with Crippen molar-refractivity contribution in [2.24, 2.45) is 0 Å². The molecular weight excluding hydrogens is 350 g/mol. The van der Waals surface area contributed by atoms with Crippen molar-refractivity contribution in [3.63, 3.8) is 0 Å². The lowest BCUT2D eigenvalue weighted by Crippen LogP contribution is -2.35. The number of benzene rings is 2. The van der Waals surface area contributed by atoms with Crippen molar-refractivity contribution in [1.29, 1.82) is 0 Å². The number of hydrogen-bond acceptors (Lipinski definition) is 2. The van der Waals surface area contributed by atoms with E-state index in [1.54, 1.807) is 16.4 Å². The number of sulfonamides is 1. The van der Waals surface area contributed by atoms with E-state index in [9.17, 15) is 8.42 Å². The second kappa shape index (κ2) is 5.91. The zero-order chi connectivity index (χ0) is 14.9. The fraction of sp³-hybridized carbons (Fsp3) is 0.250. The highest BCUT2D eigenvalue weighted by Crippen LogP contribution is 2.25. The first-order valence-corrected chi connectivity index (χ1v) is 9.39. The van der Waals surface area contributed by atoms with Gasteiger partial charge in [-0.25, -0.2) is 8.42 Å². The third-order valence-corrected chi connectivity index (χ3v) is 6.32. The van der Waals surface area contributed by atoms with Crippen LogP contribution in [0, 0.1) is 0 Å². The normalized spacial score (nSPS) is 15.7. The summed E-state index contributed by atoms with van der Waals surface area (Å²) in [5.74, 6) is 0. The Hall–Kier alpha value is -1.17. The Bertz CT molecular complexity index is 741. The lowest BCUT2D eigenvalue weighted by molar-refractivity contribution is 0.391. The summed E-state index contributed by atoms with van der Waals surface area (Å²) in [5, 5.41) is 0.727. The molecule has 5 heteroatoms. The summed E-state index contributed by atoms with van der Waals surface area (Å²) in [6.45, 7) is 0.998. The number of hydrogen-bond donors (Lipinski definition) is 0. The molecule has 3 nitrogen and oxygen atoms in total. The van der Waals surface area contributed by atoms with Gasteiger partial charge in [-0.1, -0.05) is 52.3 Å². The smallest absolute Gasteiger partial charge is 0.207 e. The summed E-state index contributed by atoms with van der Waals surface area (Å²) >= 11 is 3.37. The van der Waals surface area contributed by atoms with Crippen LogP contribution in [0.15, 0.2) is 53.4 Å². The van der Waals surface area contributed by atoms with Crippen LogP contribution in [0.1, 0.15) is 16.7 Å². The van der Waals surface area contributed by atoms with Crippen LogP contribution in [0.4, 0.5) is 0 Å². The highest BCUT2D eigenvalue weighted by Gasteiger charge is 2.27. The van der Waals surface area contributed by atoms with E-state index in [0.717, 1.165) is 22.9 Å². The van der Waals surface area contributed by atoms with Crippen molar-refractivity contribution in [2.45, 2.75) is 23.2 Å². The van der Waals surface area contributed by atoms with Gasteiger partial charge in [-0.2, -0.15) is 4.31 Å². The monoisotopic (exact) mass is 365 g/mol. The molecule has 2 aromatic rings. The summed E-state index contributed by atoms with van der Waals surface area (Å²) in [4.78, 5) is 0.367. The minimum Gasteiger partial charge on any atom is -0.207 e. The lowest BCUT2D eigenvalue weighted by Gasteiger charge is -2.28. The molecule has 1 heterocycles. The van der Waals surface area contributed by atoms with Crippen LogP contribution >= 0.6 is 15.9 Å². The molecule has 0 saturated heterocycles. The number of rotatable bonds is 3. The predicted octanol–water partition coefficient (Wildman–Crippen LogP) is 3.33. The van der Waals surface area contributed by atoms with Gasteiger partial charge in [0, 0.05) is 18.4 Å². The molecule has 0 saturated carbocycles. The van der Waals surface area contributed by atoms with Gasteiger partial charge in [0.05, 0.1) is 4.90 Å². The molecule has 0 atom stereocenters. The minimum atomic E-state index is -3.41. The second-order valence-corrected chi connectivity index (χ2v) is 7.63. The number of alkyl halides is 1. The van der Waals surface area contributed by atoms with Gasteiger partial charge in [-0.15, -0.1) is 0 Å². The topological polar surface area (TPSA) is 37.4 Å². The molecule has 1 aliphatic heterocycles. The first-order valence-electron chi connectivity index (χ1n) is 6.83. The van der Waals surface area contributed by atoms with E-state index in [0.29, 0.717) is 18.0 Å². The van der Waals surface area contributed by atoms with Crippen molar-refractivity contribution in [3.05, 3.63) is 65.2 Å². The molecule has 0 fully saturated rings. The van der Waals surface area contributed by atoms with Gasteiger partial charge in [-0.3, -0.25) is 0 Å². The molecule has 0 radical (unpaired) electrons. The van der Waals surface area contributed by atoms with E-state index < -0.39 is 10.0 Å². The Balaban J connectivity index is 1.89. The number of nitrogens with zero attached hydrogens (tertiary/aromatic N) is 1. The minimum absolute atomic E-state index is 0.367. The Kier molecular flexibility index (Phi) is 4.15. The molecule has 0 N–H and O–H groups in total. The van der Waals surface area contributed by atoms with Crippen LogP contribution in [0.5, 0.6) is 0 Å². The Morgan fingerprint density at radius 2 is 1.67 bits per heavy atom. The Labute approximate surface area is 133 Å². The molecule has 3 rings (SSSR count). The van der Waals surface area contributed by atoms with E-state index in [1.807, 2.05) is 30.3 Å². The second-order valence-electron chi connectivity index (χ2n) is 5.13. The average molecular weight is 366 g/mol. The van der Waals surface area contributed by atoms with Crippen molar-refractivity contribution in [3.8, 4) is 0 Å². The van der Waals surface area contributed by atoms with Crippen LogP contribution in [-0.2, 0) is 28.3 Å². The maximum Gasteiger partial charge on any atom is 0.243 e. The van der Waals surface area contributed by atoms with Crippen LogP contribution < -0.4 is 0 Å². The van der Waals surface area contributed by atoms with Crippen LogP contribution in [-0.4, -0.2) is 19.3 Å². The molecule has 0 aliphatic carbocycles. The zero-order valence-corrected chi connectivity index (χ0v) is 13.9. The van der Waals surface area contributed by atoms with Gasteiger partial charge in [0.15, 0.2) is 0 Å².